The Morgan fingerprint density at radius 1 is 0.964 bits per heavy atom. The van der Waals surface area contributed by atoms with E-state index in [4.69, 9.17) is 0 Å². The molecule has 0 aliphatic heterocycles. The van der Waals surface area contributed by atoms with Crippen LogP contribution in [0.1, 0.15) is 38.8 Å². The van der Waals surface area contributed by atoms with Gasteiger partial charge in [0, 0.05) is 17.4 Å². The highest BCUT2D eigenvalue weighted by Crippen LogP contribution is 2.13. The van der Waals surface area contributed by atoms with Crippen LogP contribution in [0, 0.1) is 13.8 Å². The molecule has 7 heteroatoms. The zero-order valence-corrected chi connectivity index (χ0v) is 15.7. The molecule has 2 N–H and O–H groups in total. The minimum Gasteiger partial charge on any atom is -0.322 e. The second-order valence-electron chi connectivity index (χ2n) is 6.50. The molecule has 0 aliphatic rings. The summed E-state index contributed by atoms with van der Waals surface area (Å²) in [6, 6.07) is 11.5. The molecular formula is C21H19N3O4. The SMILES string of the molecule is CC(=O)c1ccc(NC(=O)c2c[nH]c(=O)n(-c3ccc(C)c(C)c3)c2=O)cc1. The highest BCUT2D eigenvalue weighted by atomic mass is 16.2. The summed E-state index contributed by atoms with van der Waals surface area (Å²) < 4.78 is 0.931. The molecule has 0 saturated heterocycles. The van der Waals surface area contributed by atoms with Crippen molar-refractivity contribution in [2.45, 2.75) is 20.8 Å². The maximum atomic E-state index is 12.8. The van der Waals surface area contributed by atoms with Crippen molar-refractivity contribution in [2.75, 3.05) is 5.32 Å². The number of aromatic nitrogens is 2. The van der Waals surface area contributed by atoms with Gasteiger partial charge in [-0.1, -0.05) is 6.07 Å². The Hall–Kier alpha value is -3.74. The van der Waals surface area contributed by atoms with Gasteiger partial charge in [0.05, 0.1) is 5.69 Å². The first-order chi connectivity index (χ1) is 13.3. The average Bonchev–Trinajstić information content (AvgIpc) is 2.65. The lowest BCUT2D eigenvalue weighted by molar-refractivity contribution is 0.101. The van der Waals surface area contributed by atoms with Crippen molar-refractivity contribution in [1.82, 2.24) is 9.55 Å². The van der Waals surface area contributed by atoms with Crippen LogP contribution in [0.15, 0.2) is 58.3 Å². The number of carbonyl (C=O) groups is 2. The molecule has 0 unspecified atom stereocenters. The van der Waals surface area contributed by atoms with Crippen LogP contribution in [0.2, 0.25) is 0 Å². The number of hydrogen-bond donors (Lipinski definition) is 2. The van der Waals surface area contributed by atoms with E-state index in [0.29, 0.717) is 16.9 Å². The molecule has 0 spiro atoms. The van der Waals surface area contributed by atoms with Crippen LogP contribution in [-0.4, -0.2) is 21.2 Å². The third kappa shape index (κ3) is 3.68. The Morgan fingerprint density at radius 2 is 1.64 bits per heavy atom. The second kappa shape index (κ2) is 7.48. The number of rotatable bonds is 4. The van der Waals surface area contributed by atoms with Crippen molar-refractivity contribution in [3.63, 3.8) is 0 Å². The molecule has 0 atom stereocenters. The largest absolute Gasteiger partial charge is 0.333 e. The van der Waals surface area contributed by atoms with Crippen molar-refractivity contribution in [2.24, 2.45) is 0 Å². The summed E-state index contributed by atoms with van der Waals surface area (Å²) in [6.07, 6.45) is 1.10. The van der Waals surface area contributed by atoms with Crippen molar-refractivity contribution < 1.29 is 9.59 Å². The van der Waals surface area contributed by atoms with Gasteiger partial charge in [-0.3, -0.25) is 14.4 Å². The number of Topliss-reactive ketones (excluding diaryl/α,β-unsaturated/α-hetero) is 1. The summed E-state index contributed by atoms with van der Waals surface area (Å²) >= 11 is 0. The minimum absolute atomic E-state index is 0.0882. The standard InChI is InChI=1S/C21H19N3O4/c1-12-4-9-17(10-13(12)2)24-20(27)18(11-22-21(24)28)19(26)23-16-7-5-15(6-8-16)14(3)25/h4-11H,1-3H3,(H,22,28)(H,23,26). The van der Waals surface area contributed by atoms with E-state index >= 15 is 0 Å². The van der Waals surface area contributed by atoms with Crippen LogP contribution in [0.3, 0.4) is 0 Å². The topological polar surface area (TPSA) is 101 Å². The fourth-order valence-electron chi connectivity index (χ4n) is 2.72. The van der Waals surface area contributed by atoms with E-state index in [1.54, 1.807) is 42.5 Å². The monoisotopic (exact) mass is 377 g/mol. The van der Waals surface area contributed by atoms with Gasteiger partial charge in [-0.05, 0) is 68.3 Å². The predicted molar refractivity (Wildman–Crippen MR) is 107 cm³/mol. The van der Waals surface area contributed by atoms with Gasteiger partial charge in [-0.15, -0.1) is 0 Å². The van der Waals surface area contributed by atoms with Crippen molar-refractivity contribution in [3.8, 4) is 5.69 Å². The van der Waals surface area contributed by atoms with Gasteiger partial charge >= 0.3 is 5.69 Å². The summed E-state index contributed by atoms with van der Waals surface area (Å²) in [5.74, 6) is -0.746. The number of carbonyl (C=O) groups excluding carboxylic acids is 2. The maximum Gasteiger partial charge on any atom is 0.333 e. The van der Waals surface area contributed by atoms with Gasteiger partial charge in [0.2, 0.25) is 0 Å². The van der Waals surface area contributed by atoms with Crippen LogP contribution in [-0.2, 0) is 0 Å². The van der Waals surface area contributed by atoms with Gasteiger partial charge in [0.25, 0.3) is 11.5 Å². The molecular weight excluding hydrogens is 358 g/mol. The molecule has 1 amide bonds. The van der Waals surface area contributed by atoms with Crippen LogP contribution in [0.5, 0.6) is 0 Å². The fraction of sp³-hybridized carbons (Fsp3) is 0.143. The summed E-state index contributed by atoms with van der Waals surface area (Å²) in [5.41, 5.74) is 1.72. The molecule has 3 aromatic rings. The van der Waals surface area contributed by atoms with Crippen molar-refractivity contribution in [1.29, 1.82) is 0 Å². The van der Waals surface area contributed by atoms with Gasteiger partial charge in [0.15, 0.2) is 5.78 Å². The van der Waals surface area contributed by atoms with E-state index in [9.17, 15) is 19.2 Å². The van der Waals surface area contributed by atoms with Crippen molar-refractivity contribution in [3.05, 3.63) is 91.8 Å². The zero-order chi connectivity index (χ0) is 20.4. The van der Waals surface area contributed by atoms with Gasteiger partial charge in [-0.25, -0.2) is 9.36 Å². The number of aromatic amines is 1. The second-order valence-corrected chi connectivity index (χ2v) is 6.50. The number of nitrogens with zero attached hydrogens (tertiary/aromatic N) is 1. The number of hydrogen-bond acceptors (Lipinski definition) is 4. The Bertz CT molecular complexity index is 1190. The van der Waals surface area contributed by atoms with Crippen LogP contribution in [0.4, 0.5) is 5.69 Å². The number of ketones is 1. The van der Waals surface area contributed by atoms with E-state index in [-0.39, 0.29) is 11.3 Å². The van der Waals surface area contributed by atoms with Crippen LogP contribution >= 0.6 is 0 Å². The normalized spacial score (nSPS) is 10.5. The van der Waals surface area contributed by atoms with E-state index in [2.05, 4.69) is 10.3 Å². The number of nitrogens with one attached hydrogen (secondary N) is 2. The first-order valence-corrected chi connectivity index (χ1v) is 8.62. The van der Waals surface area contributed by atoms with Gasteiger partial charge in [-0.2, -0.15) is 0 Å². The van der Waals surface area contributed by atoms with E-state index < -0.39 is 17.2 Å². The molecule has 1 heterocycles. The molecule has 142 valence electrons. The molecule has 1 aromatic heterocycles. The molecule has 2 aromatic carbocycles. The van der Waals surface area contributed by atoms with E-state index in [1.807, 2.05) is 13.8 Å². The summed E-state index contributed by atoms with van der Waals surface area (Å²) in [4.78, 5) is 51.3. The molecule has 0 radical (unpaired) electrons. The Morgan fingerprint density at radius 3 is 2.25 bits per heavy atom. The van der Waals surface area contributed by atoms with Crippen molar-refractivity contribution >= 4 is 17.4 Å². The predicted octanol–water partition coefficient (Wildman–Crippen LogP) is 2.60. The Labute approximate surface area is 160 Å². The van der Waals surface area contributed by atoms with E-state index in [1.165, 1.54) is 6.92 Å². The summed E-state index contributed by atoms with van der Waals surface area (Å²) in [7, 11) is 0. The smallest absolute Gasteiger partial charge is 0.322 e. The minimum atomic E-state index is -0.718. The van der Waals surface area contributed by atoms with Gasteiger partial charge < -0.3 is 10.3 Å². The lowest BCUT2D eigenvalue weighted by Crippen LogP contribution is -2.38. The lowest BCUT2D eigenvalue weighted by Gasteiger charge is -2.10. The highest BCUT2D eigenvalue weighted by Gasteiger charge is 2.16. The number of amides is 1. The van der Waals surface area contributed by atoms with Gasteiger partial charge in [0.1, 0.15) is 5.56 Å². The third-order valence-electron chi connectivity index (χ3n) is 4.52. The maximum absolute atomic E-state index is 12.8. The quantitative estimate of drug-likeness (QED) is 0.683. The summed E-state index contributed by atoms with van der Waals surface area (Å²) in [5, 5.41) is 2.60. The first-order valence-electron chi connectivity index (χ1n) is 8.62. The Balaban J connectivity index is 1.97. The number of H-pyrrole nitrogens is 1. The number of anilines is 1. The number of aryl methyl sites for hydroxylation is 2. The third-order valence-corrected chi connectivity index (χ3v) is 4.52. The fourth-order valence-corrected chi connectivity index (χ4v) is 2.72. The molecule has 0 bridgehead atoms. The average molecular weight is 377 g/mol. The molecule has 3 rings (SSSR count). The summed E-state index contributed by atoms with van der Waals surface area (Å²) in [6.45, 7) is 5.25. The number of benzene rings is 2. The zero-order valence-electron chi connectivity index (χ0n) is 15.7. The molecule has 28 heavy (non-hydrogen) atoms. The van der Waals surface area contributed by atoms with Crippen LogP contribution in [0.25, 0.3) is 5.69 Å². The first kappa shape index (κ1) is 19.0. The molecule has 0 saturated carbocycles. The van der Waals surface area contributed by atoms with Crippen LogP contribution < -0.4 is 16.6 Å². The Kier molecular flexibility index (Phi) is 5.08. The lowest BCUT2D eigenvalue weighted by atomic mass is 10.1. The highest BCUT2D eigenvalue weighted by molar-refractivity contribution is 6.04. The molecule has 0 aliphatic carbocycles. The molecule has 7 nitrogen and oxygen atoms in total. The molecule has 0 fully saturated rings. The van der Waals surface area contributed by atoms with E-state index in [0.717, 1.165) is 21.9 Å².